The number of aromatic nitrogens is 2. The van der Waals surface area contributed by atoms with Crippen LogP contribution in [0.4, 0.5) is 18.9 Å². The first-order valence-electron chi connectivity index (χ1n) is 7.75. The van der Waals surface area contributed by atoms with Gasteiger partial charge in [0.2, 0.25) is 0 Å². The summed E-state index contributed by atoms with van der Waals surface area (Å²) in [5.74, 6) is -0.313. The summed E-state index contributed by atoms with van der Waals surface area (Å²) < 4.78 is 40.5. The molecule has 1 aliphatic carbocycles. The lowest BCUT2D eigenvalue weighted by atomic mass is 10.1. The third-order valence-corrected chi connectivity index (χ3v) is 4.06. The number of hydrogen-bond donors (Lipinski definition) is 0. The Morgan fingerprint density at radius 2 is 1.92 bits per heavy atom. The van der Waals surface area contributed by atoms with E-state index in [1.54, 1.807) is 12.1 Å². The Morgan fingerprint density at radius 3 is 2.46 bits per heavy atom. The maximum absolute atomic E-state index is 13.2. The molecule has 24 heavy (non-hydrogen) atoms. The molecule has 7 heteroatoms. The summed E-state index contributed by atoms with van der Waals surface area (Å²) in [4.78, 5) is 14.3. The monoisotopic (exact) mass is 337 g/mol. The summed E-state index contributed by atoms with van der Waals surface area (Å²) in [6.45, 7) is 2.34. The van der Waals surface area contributed by atoms with E-state index in [4.69, 9.17) is 0 Å². The van der Waals surface area contributed by atoms with Gasteiger partial charge in [-0.3, -0.25) is 9.48 Å². The number of carbonyl (C=O) groups is 1. The number of alkyl halides is 3. The fourth-order valence-electron chi connectivity index (χ4n) is 2.59. The molecule has 3 rings (SSSR count). The van der Waals surface area contributed by atoms with E-state index in [0.29, 0.717) is 18.2 Å². The Balaban J connectivity index is 1.99. The maximum atomic E-state index is 13.2. The van der Waals surface area contributed by atoms with Gasteiger partial charge in [-0.25, -0.2) is 0 Å². The fraction of sp³-hybridized carbons (Fsp3) is 0.412. The van der Waals surface area contributed by atoms with E-state index in [-0.39, 0.29) is 0 Å². The van der Waals surface area contributed by atoms with Gasteiger partial charge in [0, 0.05) is 25.5 Å². The van der Waals surface area contributed by atoms with Crippen molar-refractivity contribution in [1.82, 2.24) is 9.78 Å². The average molecular weight is 337 g/mol. The van der Waals surface area contributed by atoms with Gasteiger partial charge < -0.3 is 4.90 Å². The lowest BCUT2D eigenvalue weighted by molar-refractivity contribution is -0.141. The zero-order chi connectivity index (χ0) is 17.5. The highest BCUT2D eigenvalue weighted by Crippen LogP contribution is 2.35. The number of aryl methyl sites for hydroxylation is 2. The molecule has 128 valence electrons. The molecule has 0 bridgehead atoms. The van der Waals surface area contributed by atoms with E-state index in [9.17, 15) is 18.0 Å². The van der Waals surface area contributed by atoms with Crippen molar-refractivity contribution in [2.24, 2.45) is 13.0 Å². The van der Waals surface area contributed by atoms with Crippen molar-refractivity contribution in [2.75, 3.05) is 11.4 Å². The molecule has 0 saturated heterocycles. The number of nitrogens with zero attached hydrogens (tertiary/aromatic N) is 3. The van der Waals surface area contributed by atoms with Gasteiger partial charge in [0.25, 0.3) is 5.91 Å². The van der Waals surface area contributed by atoms with Crippen molar-refractivity contribution >= 4 is 11.6 Å². The topological polar surface area (TPSA) is 38.1 Å². The van der Waals surface area contributed by atoms with Gasteiger partial charge >= 0.3 is 6.18 Å². The number of hydrogen-bond acceptors (Lipinski definition) is 2. The summed E-state index contributed by atoms with van der Waals surface area (Å²) in [7, 11) is 1.38. The molecule has 0 radical (unpaired) electrons. The summed E-state index contributed by atoms with van der Waals surface area (Å²) in [5, 5.41) is 3.43. The van der Waals surface area contributed by atoms with Crippen LogP contribution in [0.1, 0.15) is 34.5 Å². The van der Waals surface area contributed by atoms with Crippen LogP contribution < -0.4 is 4.90 Å². The van der Waals surface area contributed by atoms with Crippen LogP contribution in [0.15, 0.2) is 30.5 Å². The first-order valence-corrected chi connectivity index (χ1v) is 7.75. The van der Waals surface area contributed by atoms with E-state index >= 15 is 0 Å². The summed E-state index contributed by atoms with van der Waals surface area (Å²) in [6.07, 6.45) is -1.53. The predicted octanol–water partition coefficient (Wildman–Crippen LogP) is 3.80. The second kappa shape index (κ2) is 5.96. The molecule has 1 amide bonds. The van der Waals surface area contributed by atoms with Crippen LogP contribution in [0.3, 0.4) is 0 Å². The fourth-order valence-corrected chi connectivity index (χ4v) is 2.59. The van der Waals surface area contributed by atoms with Gasteiger partial charge in [-0.1, -0.05) is 17.7 Å². The second-order valence-corrected chi connectivity index (χ2v) is 6.26. The number of carbonyl (C=O) groups excluding carboxylic acids is 1. The largest absolute Gasteiger partial charge is 0.435 e. The van der Waals surface area contributed by atoms with Crippen molar-refractivity contribution < 1.29 is 18.0 Å². The van der Waals surface area contributed by atoms with Gasteiger partial charge in [-0.2, -0.15) is 18.3 Å². The minimum Gasteiger partial charge on any atom is -0.308 e. The highest BCUT2D eigenvalue weighted by Gasteiger charge is 2.40. The smallest absolute Gasteiger partial charge is 0.308 e. The molecule has 1 saturated carbocycles. The average Bonchev–Trinajstić information content (AvgIpc) is 3.23. The SMILES string of the molecule is Cc1ccc(N(CC2CC2)C(=O)c2cn(C)nc2C(F)(F)F)cc1. The molecular weight excluding hydrogens is 319 g/mol. The summed E-state index contributed by atoms with van der Waals surface area (Å²) in [6, 6.07) is 7.21. The van der Waals surface area contributed by atoms with Crippen molar-refractivity contribution in [3.8, 4) is 0 Å². The van der Waals surface area contributed by atoms with Crippen LogP contribution in [0.25, 0.3) is 0 Å². The normalized spacial score (nSPS) is 14.7. The lowest BCUT2D eigenvalue weighted by Gasteiger charge is -2.23. The molecule has 4 nitrogen and oxygen atoms in total. The molecule has 1 aromatic heterocycles. The molecule has 0 aliphatic heterocycles. The van der Waals surface area contributed by atoms with E-state index in [1.165, 1.54) is 11.9 Å². The maximum Gasteiger partial charge on any atom is 0.435 e. The van der Waals surface area contributed by atoms with Crippen LogP contribution in [0, 0.1) is 12.8 Å². The van der Waals surface area contributed by atoms with Crippen LogP contribution in [0.2, 0.25) is 0 Å². The van der Waals surface area contributed by atoms with Crippen molar-refractivity contribution in [3.63, 3.8) is 0 Å². The minimum atomic E-state index is -4.66. The lowest BCUT2D eigenvalue weighted by Crippen LogP contribution is -2.34. The highest BCUT2D eigenvalue weighted by atomic mass is 19.4. The number of rotatable bonds is 4. The van der Waals surface area contributed by atoms with Gasteiger partial charge in [0.05, 0.1) is 5.56 Å². The molecule has 1 aromatic carbocycles. The van der Waals surface area contributed by atoms with Crippen molar-refractivity contribution in [1.29, 1.82) is 0 Å². The zero-order valence-corrected chi connectivity index (χ0v) is 13.5. The van der Waals surface area contributed by atoms with Crippen LogP contribution in [-0.2, 0) is 13.2 Å². The van der Waals surface area contributed by atoms with Gasteiger partial charge in [-0.15, -0.1) is 0 Å². The van der Waals surface area contributed by atoms with Gasteiger partial charge in [-0.05, 0) is 37.8 Å². The van der Waals surface area contributed by atoms with Crippen LogP contribution >= 0.6 is 0 Å². The highest BCUT2D eigenvalue weighted by molar-refractivity contribution is 6.06. The molecule has 1 fully saturated rings. The number of amides is 1. The number of halogens is 3. The Morgan fingerprint density at radius 1 is 1.29 bits per heavy atom. The van der Waals surface area contributed by atoms with E-state index in [0.717, 1.165) is 29.3 Å². The molecular formula is C17H18F3N3O. The quantitative estimate of drug-likeness (QED) is 0.851. The van der Waals surface area contributed by atoms with E-state index in [2.05, 4.69) is 5.10 Å². The van der Waals surface area contributed by atoms with Crippen LogP contribution in [-0.4, -0.2) is 22.2 Å². The molecule has 2 aromatic rings. The predicted molar refractivity (Wildman–Crippen MR) is 83.8 cm³/mol. The molecule has 1 aliphatic rings. The molecule has 0 unspecified atom stereocenters. The zero-order valence-electron chi connectivity index (χ0n) is 13.5. The van der Waals surface area contributed by atoms with Crippen LogP contribution in [0.5, 0.6) is 0 Å². The second-order valence-electron chi connectivity index (χ2n) is 6.26. The standard InChI is InChI=1S/C17H18F3N3O/c1-11-3-7-13(8-4-11)23(9-12-5-6-12)16(24)14-10-22(2)21-15(14)17(18,19)20/h3-4,7-8,10,12H,5-6,9H2,1-2H3. The number of anilines is 1. The Hall–Kier alpha value is -2.31. The first-order chi connectivity index (χ1) is 11.3. The van der Waals surface area contributed by atoms with Gasteiger partial charge in [0.15, 0.2) is 5.69 Å². The Bertz CT molecular complexity index is 745. The third-order valence-electron chi connectivity index (χ3n) is 4.06. The molecule has 0 spiro atoms. The van der Waals surface area contributed by atoms with Gasteiger partial charge in [0.1, 0.15) is 0 Å². The van der Waals surface area contributed by atoms with E-state index < -0.39 is 23.3 Å². The van der Waals surface area contributed by atoms with Crippen molar-refractivity contribution in [2.45, 2.75) is 25.9 Å². The Labute approximate surface area is 137 Å². The molecule has 0 atom stereocenters. The summed E-state index contributed by atoms with van der Waals surface area (Å²) >= 11 is 0. The van der Waals surface area contributed by atoms with E-state index in [1.807, 2.05) is 19.1 Å². The Kier molecular flexibility index (Phi) is 4.11. The first kappa shape index (κ1) is 16.5. The van der Waals surface area contributed by atoms with Crippen molar-refractivity contribution in [3.05, 3.63) is 47.3 Å². The third kappa shape index (κ3) is 3.44. The molecule has 1 heterocycles. The number of benzene rings is 1. The minimum absolute atomic E-state index is 0.348. The summed E-state index contributed by atoms with van der Waals surface area (Å²) in [5.41, 5.74) is 0.0820. The molecule has 0 N–H and O–H groups in total.